The quantitative estimate of drug-likeness (QED) is 0.570. The van der Waals surface area contributed by atoms with Crippen molar-refractivity contribution in [3.05, 3.63) is 0 Å². The summed E-state index contributed by atoms with van der Waals surface area (Å²) in [5.74, 6) is 0.959. The van der Waals surface area contributed by atoms with Crippen LogP contribution in [0.4, 0.5) is 0 Å². The van der Waals surface area contributed by atoms with Gasteiger partial charge in [-0.05, 0) is 52.7 Å². The number of rotatable bonds is 5. The molecule has 0 amide bonds. The number of likely N-dealkylation sites (N-methyl/N-ethyl adjacent to an activating group) is 1. The number of nitrogens with zero attached hydrogens (tertiary/aromatic N) is 3. The van der Waals surface area contributed by atoms with Crippen LogP contribution in [0.2, 0.25) is 0 Å². The van der Waals surface area contributed by atoms with Crippen molar-refractivity contribution in [2.24, 2.45) is 4.99 Å². The third-order valence-corrected chi connectivity index (χ3v) is 5.27. The normalized spacial score (nSPS) is 33.0. The van der Waals surface area contributed by atoms with E-state index in [0.717, 1.165) is 38.6 Å². The van der Waals surface area contributed by atoms with Crippen molar-refractivity contribution in [3.8, 4) is 0 Å². The van der Waals surface area contributed by atoms with E-state index in [9.17, 15) is 0 Å². The number of aliphatic imine (C=N–C) groups is 1. The maximum Gasteiger partial charge on any atom is 0.191 e. The molecule has 3 rings (SSSR count). The summed E-state index contributed by atoms with van der Waals surface area (Å²) < 4.78 is 5.93. The largest absolute Gasteiger partial charge is 0.373 e. The molecular formula is C17H33N5O. The number of nitrogens with one attached hydrogen (secondary N) is 2. The number of guanidine groups is 1. The minimum absolute atomic E-state index is 0.394. The van der Waals surface area contributed by atoms with Gasteiger partial charge in [0, 0.05) is 26.2 Å². The first-order valence-corrected chi connectivity index (χ1v) is 9.36. The van der Waals surface area contributed by atoms with Gasteiger partial charge in [0.25, 0.3) is 0 Å². The summed E-state index contributed by atoms with van der Waals surface area (Å²) in [5, 5.41) is 6.98. The molecule has 0 aromatic rings. The third-order valence-electron chi connectivity index (χ3n) is 5.27. The molecule has 2 N–H and O–H groups in total. The summed E-state index contributed by atoms with van der Waals surface area (Å²) in [5.41, 5.74) is 0. The van der Waals surface area contributed by atoms with E-state index in [0.29, 0.717) is 18.2 Å². The molecule has 6 heteroatoms. The van der Waals surface area contributed by atoms with Gasteiger partial charge in [0.15, 0.2) is 5.96 Å². The van der Waals surface area contributed by atoms with Gasteiger partial charge in [0.2, 0.25) is 0 Å². The average Bonchev–Trinajstić information content (AvgIpc) is 3.09. The van der Waals surface area contributed by atoms with E-state index in [-0.39, 0.29) is 0 Å². The van der Waals surface area contributed by atoms with E-state index in [4.69, 9.17) is 9.73 Å². The van der Waals surface area contributed by atoms with Crippen molar-refractivity contribution < 1.29 is 4.74 Å². The molecule has 0 aromatic heterocycles. The van der Waals surface area contributed by atoms with Crippen molar-refractivity contribution in [3.63, 3.8) is 0 Å². The Bertz CT molecular complexity index is 402. The Morgan fingerprint density at radius 1 is 1.22 bits per heavy atom. The van der Waals surface area contributed by atoms with Crippen molar-refractivity contribution in [1.82, 2.24) is 20.4 Å². The first-order chi connectivity index (χ1) is 11.2. The maximum absolute atomic E-state index is 5.93. The second-order valence-corrected chi connectivity index (χ2v) is 7.12. The van der Waals surface area contributed by atoms with Crippen LogP contribution in [0.25, 0.3) is 0 Å². The highest BCUT2D eigenvalue weighted by Gasteiger charge is 2.41. The summed E-state index contributed by atoms with van der Waals surface area (Å²) in [6.45, 7) is 9.69. The van der Waals surface area contributed by atoms with Crippen LogP contribution >= 0.6 is 0 Å². The zero-order valence-electron chi connectivity index (χ0n) is 14.8. The molecular weight excluding hydrogens is 290 g/mol. The molecule has 0 aromatic carbocycles. The third kappa shape index (κ3) is 4.81. The van der Waals surface area contributed by atoms with Crippen LogP contribution in [0, 0.1) is 0 Å². The van der Waals surface area contributed by atoms with E-state index in [1.54, 1.807) is 0 Å². The van der Waals surface area contributed by atoms with Crippen molar-refractivity contribution >= 4 is 5.96 Å². The van der Waals surface area contributed by atoms with Gasteiger partial charge in [-0.25, -0.2) is 0 Å². The Morgan fingerprint density at radius 2 is 2.13 bits per heavy atom. The zero-order valence-corrected chi connectivity index (χ0v) is 14.8. The molecule has 0 spiro atoms. The second-order valence-electron chi connectivity index (χ2n) is 7.12. The molecule has 3 heterocycles. The summed E-state index contributed by atoms with van der Waals surface area (Å²) >= 11 is 0. The summed E-state index contributed by atoms with van der Waals surface area (Å²) in [6.07, 6.45) is 5.71. The lowest BCUT2D eigenvalue weighted by Gasteiger charge is -2.23. The number of fused-ring (bicyclic) bond motifs is 2. The molecule has 3 aliphatic rings. The maximum atomic E-state index is 5.93. The number of hydrogen-bond acceptors (Lipinski definition) is 4. The molecule has 2 bridgehead atoms. The summed E-state index contributed by atoms with van der Waals surface area (Å²) in [6, 6.07) is 0.443. The zero-order chi connectivity index (χ0) is 16.1. The molecule has 132 valence electrons. The smallest absolute Gasteiger partial charge is 0.191 e. The lowest BCUT2D eigenvalue weighted by atomic mass is 9.96. The topological polar surface area (TPSA) is 52.1 Å². The van der Waals surface area contributed by atoms with Crippen LogP contribution in [-0.2, 0) is 4.74 Å². The summed E-state index contributed by atoms with van der Waals surface area (Å²) in [4.78, 5) is 9.75. The minimum Gasteiger partial charge on any atom is -0.373 e. The molecule has 0 aliphatic carbocycles. The van der Waals surface area contributed by atoms with Gasteiger partial charge in [-0.2, -0.15) is 0 Å². The minimum atomic E-state index is 0.394. The molecule has 3 unspecified atom stereocenters. The van der Waals surface area contributed by atoms with Crippen LogP contribution in [0.5, 0.6) is 0 Å². The number of hydrogen-bond donors (Lipinski definition) is 2. The Balaban J connectivity index is 1.44. The predicted octanol–water partition coefficient (Wildman–Crippen LogP) is 0.499. The highest BCUT2D eigenvalue weighted by atomic mass is 16.5. The van der Waals surface area contributed by atoms with E-state index >= 15 is 0 Å². The molecule has 3 fully saturated rings. The molecule has 3 saturated heterocycles. The van der Waals surface area contributed by atoms with E-state index in [2.05, 4.69) is 34.4 Å². The summed E-state index contributed by atoms with van der Waals surface area (Å²) in [7, 11) is 2.21. The molecule has 23 heavy (non-hydrogen) atoms. The van der Waals surface area contributed by atoms with Crippen LogP contribution in [0.15, 0.2) is 4.99 Å². The van der Waals surface area contributed by atoms with Crippen LogP contribution < -0.4 is 10.6 Å². The lowest BCUT2D eigenvalue weighted by molar-refractivity contribution is 0.0992. The van der Waals surface area contributed by atoms with Gasteiger partial charge in [-0.1, -0.05) is 0 Å². The molecule has 6 nitrogen and oxygen atoms in total. The van der Waals surface area contributed by atoms with Crippen LogP contribution in [-0.4, -0.2) is 86.9 Å². The standard InChI is InChI=1S/C17H33N5O/c1-3-18-17(20-15-13-14-5-6-16(15)23-14)19-7-10-22-9-4-8-21(2)11-12-22/h14-16H,3-13H2,1-2H3,(H2,18,19,20). The monoisotopic (exact) mass is 323 g/mol. The highest BCUT2D eigenvalue weighted by Crippen LogP contribution is 2.34. The molecule has 3 aliphatic heterocycles. The van der Waals surface area contributed by atoms with Gasteiger partial charge in [0.1, 0.15) is 0 Å². The average molecular weight is 323 g/mol. The lowest BCUT2D eigenvalue weighted by Crippen LogP contribution is -2.47. The first kappa shape index (κ1) is 17.0. The van der Waals surface area contributed by atoms with E-state index in [1.807, 2.05) is 0 Å². The van der Waals surface area contributed by atoms with Crippen molar-refractivity contribution in [2.45, 2.75) is 50.9 Å². The van der Waals surface area contributed by atoms with Gasteiger partial charge < -0.3 is 25.2 Å². The van der Waals surface area contributed by atoms with Crippen molar-refractivity contribution in [2.75, 3.05) is 52.9 Å². The van der Waals surface area contributed by atoms with Gasteiger partial charge in [-0.3, -0.25) is 4.99 Å². The van der Waals surface area contributed by atoms with Gasteiger partial charge in [0.05, 0.1) is 24.8 Å². The Kier molecular flexibility index (Phi) is 6.14. The van der Waals surface area contributed by atoms with Gasteiger partial charge in [-0.15, -0.1) is 0 Å². The highest BCUT2D eigenvalue weighted by molar-refractivity contribution is 5.80. The Hall–Kier alpha value is -0.850. The SMILES string of the molecule is CCNC(=NCCN1CCCN(C)CC1)NC1CC2CCC1O2. The van der Waals surface area contributed by atoms with Crippen molar-refractivity contribution in [1.29, 1.82) is 0 Å². The van der Waals surface area contributed by atoms with Gasteiger partial charge >= 0.3 is 0 Å². The van der Waals surface area contributed by atoms with Crippen LogP contribution in [0.3, 0.4) is 0 Å². The molecule has 0 radical (unpaired) electrons. The fourth-order valence-electron chi connectivity index (χ4n) is 3.91. The molecule has 0 saturated carbocycles. The number of ether oxygens (including phenoxy) is 1. The Morgan fingerprint density at radius 3 is 2.87 bits per heavy atom. The molecule has 3 atom stereocenters. The Labute approximate surface area is 140 Å². The fourth-order valence-corrected chi connectivity index (χ4v) is 3.91. The van der Waals surface area contributed by atoms with E-state index < -0.39 is 0 Å². The second kappa shape index (κ2) is 8.31. The van der Waals surface area contributed by atoms with E-state index in [1.165, 1.54) is 38.9 Å². The van der Waals surface area contributed by atoms with Crippen LogP contribution in [0.1, 0.15) is 32.6 Å². The first-order valence-electron chi connectivity index (χ1n) is 9.36. The predicted molar refractivity (Wildman–Crippen MR) is 94.0 cm³/mol. The fraction of sp³-hybridized carbons (Fsp3) is 0.941.